The highest BCUT2D eigenvalue weighted by Gasteiger charge is 2.07. The van der Waals surface area contributed by atoms with Gasteiger partial charge in [0.05, 0.1) is 0 Å². The number of carbonyl (C=O) groups is 1. The van der Waals surface area contributed by atoms with Crippen LogP contribution in [0.5, 0.6) is 0 Å². The highest BCUT2D eigenvalue weighted by atomic mass is 32.1. The van der Waals surface area contributed by atoms with Gasteiger partial charge in [0.15, 0.2) is 6.29 Å². The van der Waals surface area contributed by atoms with Gasteiger partial charge in [0.1, 0.15) is 0 Å². The number of carbonyl (C=O) groups excluding carboxylic acids is 1. The molecule has 0 amide bonds. The second kappa shape index (κ2) is 3.75. The molecule has 1 heterocycles. The first-order chi connectivity index (χ1) is 6.76. The molecule has 0 unspecified atom stereocenters. The first-order valence-electron chi connectivity index (χ1n) is 4.44. The summed E-state index contributed by atoms with van der Waals surface area (Å²) in [6, 6.07) is 4.07. The minimum atomic E-state index is 0.782. The summed E-state index contributed by atoms with van der Waals surface area (Å²) in [5, 5.41) is 3.07. The Morgan fingerprint density at radius 1 is 1.50 bits per heavy atom. The topological polar surface area (TPSA) is 17.1 Å². The number of thiophene rings is 1. The average Bonchev–Trinajstić information content (AvgIpc) is 2.59. The quantitative estimate of drug-likeness (QED) is 0.607. The lowest BCUT2D eigenvalue weighted by Crippen LogP contribution is -1.85. The van der Waals surface area contributed by atoms with E-state index in [-0.39, 0.29) is 0 Å². The zero-order chi connectivity index (χ0) is 10.1. The Kier molecular flexibility index (Phi) is 2.61. The van der Waals surface area contributed by atoms with Gasteiger partial charge in [-0.25, -0.2) is 0 Å². The lowest BCUT2D eigenvalue weighted by atomic mass is 10.1. The van der Waals surface area contributed by atoms with E-state index in [2.05, 4.69) is 25.6 Å². The van der Waals surface area contributed by atoms with E-state index in [0.717, 1.165) is 33.3 Å². The summed E-state index contributed by atoms with van der Waals surface area (Å²) in [7, 11) is 0. The van der Waals surface area contributed by atoms with Crippen LogP contribution in [0, 0.1) is 0 Å². The van der Waals surface area contributed by atoms with Crippen LogP contribution >= 0.6 is 24.0 Å². The molecule has 0 radical (unpaired) electrons. The third-order valence-corrected chi connectivity index (χ3v) is 3.87. The maximum Gasteiger partial charge on any atom is 0.151 e. The van der Waals surface area contributed by atoms with Crippen molar-refractivity contribution in [3.8, 4) is 0 Å². The number of hydrogen-bond acceptors (Lipinski definition) is 3. The second-order valence-electron chi connectivity index (χ2n) is 3.15. The van der Waals surface area contributed by atoms with Crippen molar-refractivity contribution in [3.05, 3.63) is 28.6 Å². The molecule has 0 N–H and O–H groups in total. The van der Waals surface area contributed by atoms with Crippen molar-refractivity contribution in [2.24, 2.45) is 0 Å². The largest absolute Gasteiger partial charge is 0.298 e. The minimum absolute atomic E-state index is 0.782. The monoisotopic (exact) mass is 222 g/mol. The number of thiol groups is 1. The van der Waals surface area contributed by atoms with Gasteiger partial charge in [0, 0.05) is 25.9 Å². The highest BCUT2D eigenvalue weighted by Crippen LogP contribution is 2.31. The molecule has 0 saturated heterocycles. The van der Waals surface area contributed by atoms with Gasteiger partial charge in [0.25, 0.3) is 0 Å². The number of rotatable bonds is 2. The maximum absolute atomic E-state index is 10.9. The number of aryl methyl sites for hydroxylation is 1. The van der Waals surface area contributed by atoms with E-state index in [4.69, 9.17) is 0 Å². The third kappa shape index (κ3) is 1.47. The van der Waals surface area contributed by atoms with Gasteiger partial charge in [-0.15, -0.1) is 24.0 Å². The predicted molar refractivity (Wildman–Crippen MR) is 63.8 cm³/mol. The number of hydrogen-bond donors (Lipinski definition) is 1. The summed E-state index contributed by atoms with van der Waals surface area (Å²) in [5.41, 5.74) is 1.97. The van der Waals surface area contributed by atoms with Crippen LogP contribution < -0.4 is 0 Å². The molecular formula is C11H10OS2. The van der Waals surface area contributed by atoms with Crippen molar-refractivity contribution in [1.82, 2.24) is 0 Å². The minimum Gasteiger partial charge on any atom is -0.298 e. The molecule has 0 atom stereocenters. The van der Waals surface area contributed by atoms with Crippen LogP contribution in [0.15, 0.2) is 22.4 Å². The molecule has 0 spiro atoms. The van der Waals surface area contributed by atoms with E-state index < -0.39 is 0 Å². The van der Waals surface area contributed by atoms with Crippen molar-refractivity contribution in [2.45, 2.75) is 18.2 Å². The highest BCUT2D eigenvalue weighted by molar-refractivity contribution is 7.80. The number of fused-ring (bicyclic) bond motifs is 1. The van der Waals surface area contributed by atoms with Crippen molar-refractivity contribution in [2.75, 3.05) is 0 Å². The molecule has 0 aliphatic heterocycles. The van der Waals surface area contributed by atoms with E-state index in [0.29, 0.717) is 0 Å². The van der Waals surface area contributed by atoms with Crippen LogP contribution in [0.25, 0.3) is 10.1 Å². The van der Waals surface area contributed by atoms with Crippen LogP contribution in [-0.4, -0.2) is 6.29 Å². The lowest BCUT2D eigenvalue weighted by molar-refractivity contribution is 0.112. The van der Waals surface area contributed by atoms with Crippen LogP contribution in [-0.2, 0) is 6.42 Å². The number of aldehydes is 1. The van der Waals surface area contributed by atoms with Gasteiger partial charge in [0.2, 0.25) is 0 Å². The zero-order valence-corrected chi connectivity index (χ0v) is 9.49. The van der Waals surface area contributed by atoms with E-state index in [9.17, 15) is 4.79 Å². The molecule has 2 aromatic rings. The Bertz CT molecular complexity index is 485. The Balaban J connectivity index is 2.82. The summed E-state index contributed by atoms with van der Waals surface area (Å²) in [6.07, 6.45) is 1.87. The molecule has 2 rings (SSSR count). The molecular weight excluding hydrogens is 212 g/mol. The van der Waals surface area contributed by atoms with E-state index >= 15 is 0 Å². The Hall–Kier alpha value is -0.800. The normalized spacial score (nSPS) is 10.7. The van der Waals surface area contributed by atoms with Crippen LogP contribution in [0.2, 0.25) is 0 Å². The van der Waals surface area contributed by atoms with Gasteiger partial charge < -0.3 is 0 Å². The molecule has 1 aromatic heterocycles. The average molecular weight is 222 g/mol. The van der Waals surface area contributed by atoms with Gasteiger partial charge in [-0.3, -0.25) is 4.79 Å². The van der Waals surface area contributed by atoms with Crippen molar-refractivity contribution in [1.29, 1.82) is 0 Å². The molecule has 72 valence electrons. The van der Waals surface area contributed by atoms with E-state index in [1.807, 2.05) is 11.4 Å². The Morgan fingerprint density at radius 2 is 2.29 bits per heavy atom. The Labute approximate surface area is 92.2 Å². The molecule has 1 aromatic carbocycles. The van der Waals surface area contributed by atoms with Gasteiger partial charge >= 0.3 is 0 Å². The van der Waals surface area contributed by atoms with Gasteiger partial charge in [-0.1, -0.05) is 6.92 Å². The molecule has 0 saturated carbocycles. The van der Waals surface area contributed by atoms with Crippen molar-refractivity contribution >= 4 is 40.3 Å². The van der Waals surface area contributed by atoms with Crippen LogP contribution in [0.3, 0.4) is 0 Å². The van der Waals surface area contributed by atoms with Gasteiger partial charge in [-0.05, 0) is 24.1 Å². The first-order valence-corrected chi connectivity index (χ1v) is 5.77. The molecule has 0 bridgehead atoms. The second-order valence-corrected chi connectivity index (χ2v) is 4.52. The van der Waals surface area contributed by atoms with E-state index in [1.165, 1.54) is 5.56 Å². The van der Waals surface area contributed by atoms with Crippen molar-refractivity contribution < 1.29 is 4.79 Å². The molecule has 0 aliphatic carbocycles. The SMILES string of the molecule is CCc1cc(C=O)c2scc(S)c2c1. The predicted octanol–water partition coefficient (Wildman–Crippen LogP) is 3.56. The van der Waals surface area contributed by atoms with Crippen LogP contribution in [0.1, 0.15) is 22.8 Å². The number of benzene rings is 1. The Morgan fingerprint density at radius 3 is 2.93 bits per heavy atom. The summed E-state index contributed by atoms with van der Waals surface area (Å²) in [4.78, 5) is 11.8. The summed E-state index contributed by atoms with van der Waals surface area (Å²) in [6.45, 7) is 2.08. The van der Waals surface area contributed by atoms with E-state index in [1.54, 1.807) is 11.3 Å². The molecule has 0 aliphatic rings. The third-order valence-electron chi connectivity index (χ3n) is 2.28. The summed E-state index contributed by atoms with van der Waals surface area (Å²) >= 11 is 5.94. The molecule has 3 heteroatoms. The first kappa shape index (κ1) is 9.74. The summed E-state index contributed by atoms with van der Waals surface area (Å²) in [5.74, 6) is 0. The van der Waals surface area contributed by atoms with Gasteiger partial charge in [-0.2, -0.15) is 0 Å². The molecule has 1 nitrogen and oxygen atoms in total. The van der Waals surface area contributed by atoms with Crippen LogP contribution in [0.4, 0.5) is 0 Å². The maximum atomic E-state index is 10.9. The fourth-order valence-corrected chi connectivity index (χ4v) is 2.81. The zero-order valence-electron chi connectivity index (χ0n) is 7.78. The lowest BCUT2D eigenvalue weighted by Gasteiger charge is -2.00. The smallest absolute Gasteiger partial charge is 0.151 e. The standard InChI is InChI=1S/C11H10OS2/c1-2-7-3-8(5-12)11-9(4-7)10(13)6-14-11/h3-6,13H,2H2,1H3. The summed E-state index contributed by atoms with van der Waals surface area (Å²) < 4.78 is 1.04. The fraction of sp³-hybridized carbons (Fsp3) is 0.182. The van der Waals surface area contributed by atoms with Crippen molar-refractivity contribution in [3.63, 3.8) is 0 Å². The molecule has 14 heavy (non-hydrogen) atoms. The fourth-order valence-electron chi connectivity index (χ4n) is 1.51. The molecule has 0 fully saturated rings.